The van der Waals surface area contributed by atoms with Gasteiger partial charge < -0.3 is 10.1 Å². The molecule has 0 radical (unpaired) electrons. The Morgan fingerprint density at radius 2 is 2.15 bits per heavy atom. The van der Waals surface area contributed by atoms with E-state index in [4.69, 9.17) is 0 Å². The van der Waals surface area contributed by atoms with Crippen LogP contribution in [0.2, 0.25) is 0 Å². The Bertz CT molecular complexity index is 563. The van der Waals surface area contributed by atoms with Gasteiger partial charge >= 0.3 is 21.1 Å². The molecule has 3 amide bonds. The van der Waals surface area contributed by atoms with Gasteiger partial charge in [0.2, 0.25) is 11.8 Å². The number of piperidine rings is 1. The summed E-state index contributed by atoms with van der Waals surface area (Å²) in [5.74, 6) is -2.34. The zero-order chi connectivity index (χ0) is 14.0. The van der Waals surface area contributed by atoms with Crippen molar-refractivity contribution in [1.82, 2.24) is 5.32 Å². The quantitative estimate of drug-likeness (QED) is 0.549. The van der Waals surface area contributed by atoms with E-state index in [9.17, 15) is 18.8 Å². The first-order chi connectivity index (χ1) is 8.97. The average molecular weight is 446 g/mol. The standard InChI is InChI=1S/C13H12FN2O3.W/c1-7-2-3-8(14)6-9(7)12(18)15-10-4-5-11(17)16-13(10)19;/h2-3,10H,4-5H2,1H3,(H2,15,16,17,18,19);/q-1;+2/p-1. The summed E-state index contributed by atoms with van der Waals surface area (Å²) in [5.41, 5.74) is 0.534. The molecule has 5 nitrogen and oxygen atoms in total. The molecule has 1 saturated heterocycles. The first-order valence-corrected chi connectivity index (χ1v) is 5.74. The van der Waals surface area contributed by atoms with Crippen LogP contribution in [0.3, 0.4) is 0 Å². The summed E-state index contributed by atoms with van der Waals surface area (Å²) in [5, 5.41) is 5.83. The molecule has 1 unspecified atom stereocenters. The van der Waals surface area contributed by atoms with Crippen molar-refractivity contribution in [2.45, 2.75) is 25.8 Å². The molecule has 1 aliphatic rings. The normalized spacial score (nSPS) is 18.0. The number of carbonyl (C=O) groups excluding carboxylic acids is 3. The zero-order valence-electron chi connectivity index (χ0n) is 10.6. The maximum Gasteiger partial charge on any atom is 2.00 e. The minimum atomic E-state index is -0.902. The SMILES string of the molecule is Cc1ccc(F)[c-]c1C(=O)[N-]C1CCC(=O)NC1=O.[W+2]. The fourth-order valence-corrected chi connectivity index (χ4v) is 1.77. The van der Waals surface area contributed by atoms with Crippen LogP contribution in [0.15, 0.2) is 12.1 Å². The third kappa shape index (κ3) is 3.73. The van der Waals surface area contributed by atoms with Gasteiger partial charge in [-0.2, -0.15) is 0 Å². The molecule has 1 aliphatic heterocycles. The van der Waals surface area contributed by atoms with E-state index in [0.29, 0.717) is 5.56 Å². The van der Waals surface area contributed by atoms with Gasteiger partial charge in [-0.3, -0.25) is 14.9 Å². The van der Waals surface area contributed by atoms with Crippen molar-refractivity contribution in [2.24, 2.45) is 0 Å². The molecule has 1 aromatic rings. The molecule has 2 rings (SSSR count). The second kappa shape index (κ2) is 6.75. The molecule has 1 atom stereocenters. The summed E-state index contributed by atoms with van der Waals surface area (Å²) in [6.45, 7) is 1.63. The van der Waals surface area contributed by atoms with Crippen LogP contribution in [0.5, 0.6) is 0 Å². The molecule has 0 aliphatic carbocycles. The Hall–Kier alpha value is -1.55. The minimum absolute atomic E-state index is 0. The van der Waals surface area contributed by atoms with Crippen molar-refractivity contribution in [1.29, 1.82) is 0 Å². The van der Waals surface area contributed by atoms with Crippen molar-refractivity contribution >= 4 is 17.7 Å². The second-order valence-corrected chi connectivity index (χ2v) is 4.27. The summed E-state index contributed by atoms with van der Waals surface area (Å²) < 4.78 is 13.0. The number of aryl methyl sites for hydroxylation is 1. The molecule has 0 aromatic heterocycles. The van der Waals surface area contributed by atoms with E-state index in [-0.39, 0.29) is 45.4 Å². The summed E-state index contributed by atoms with van der Waals surface area (Å²) in [6.07, 6.45) is 0.323. The third-order valence-corrected chi connectivity index (χ3v) is 2.82. The Morgan fingerprint density at radius 1 is 1.45 bits per heavy atom. The van der Waals surface area contributed by atoms with Gasteiger partial charge in [-0.15, -0.1) is 29.3 Å². The number of carbonyl (C=O) groups is 3. The molecule has 20 heavy (non-hydrogen) atoms. The van der Waals surface area contributed by atoms with Gasteiger partial charge in [0.25, 0.3) is 0 Å². The Kier molecular flexibility index (Phi) is 5.57. The Labute approximate surface area is 129 Å². The zero-order valence-corrected chi connectivity index (χ0v) is 13.5. The smallest absolute Gasteiger partial charge is 0.684 e. The maximum atomic E-state index is 13.0. The number of amides is 3. The van der Waals surface area contributed by atoms with Gasteiger partial charge in [0.05, 0.1) is 0 Å². The summed E-state index contributed by atoms with van der Waals surface area (Å²) in [4.78, 5) is 34.3. The van der Waals surface area contributed by atoms with Crippen molar-refractivity contribution in [2.75, 3.05) is 0 Å². The van der Waals surface area contributed by atoms with Crippen LogP contribution >= 0.6 is 0 Å². The monoisotopic (exact) mass is 446 g/mol. The van der Waals surface area contributed by atoms with Crippen molar-refractivity contribution < 1.29 is 39.8 Å². The van der Waals surface area contributed by atoms with E-state index >= 15 is 0 Å². The van der Waals surface area contributed by atoms with Gasteiger partial charge in [-0.25, -0.2) is 4.39 Å². The molecule has 7 heteroatoms. The predicted octanol–water partition coefficient (Wildman–Crippen LogP) is 1.25. The number of nitrogens with one attached hydrogen (secondary N) is 1. The van der Waals surface area contributed by atoms with Gasteiger partial charge in [-0.05, 0) is 18.4 Å². The first kappa shape index (κ1) is 16.5. The Morgan fingerprint density at radius 3 is 2.80 bits per heavy atom. The number of nitrogens with zero attached hydrogens (tertiary/aromatic N) is 1. The molecular weight excluding hydrogens is 435 g/mol. The number of hydrogen-bond acceptors (Lipinski definition) is 3. The van der Waals surface area contributed by atoms with Crippen LogP contribution in [0.4, 0.5) is 4.39 Å². The number of imide groups is 1. The topological polar surface area (TPSA) is 77.3 Å². The molecule has 1 fully saturated rings. The predicted molar refractivity (Wildman–Crippen MR) is 63.8 cm³/mol. The van der Waals surface area contributed by atoms with Crippen molar-refractivity contribution in [3.8, 4) is 0 Å². The van der Waals surface area contributed by atoms with E-state index in [2.05, 4.69) is 16.7 Å². The van der Waals surface area contributed by atoms with E-state index in [1.54, 1.807) is 6.92 Å². The molecular formula is C13H11FN2O3W. The largest absolute Gasteiger partial charge is 2.00 e. The minimum Gasteiger partial charge on any atom is -0.684 e. The van der Waals surface area contributed by atoms with Gasteiger partial charge in [-0.1, -0.05) is 6.92 Å². The summed E-state index contributed by atoms with van der Waals surface area (Å²) >= 11 is 0. The molecule has 1 aromatic carbocycles. The van der Waals surface area contributed by atoms with E-state index < -0.39 is 23.7 Å². The Balaban J connectivity index is 0.00000200. The molecule has 1 N–H and O–H groups in total. The average Bonchev–Trinajstić information content (AvgIpc) is 2.35. The fraction of sp³-hybridized carbons (Fsp3) is 0.308. The summed E-state index contributed by atoms with van der Waals surface area (Å²) in [6, 6.07) is 4.01. The second-order valence-electron chi connectivity index (χ2n) is 4.27. The number of rotatable bonds is 2. The molecule has 0 spiro atoms. The van der Waals surface area contributed by atoms with Gasteiger partial charge in [0.15, 0.2) is 0 Å². The summed E-state index contributed by atoms with van der Waals surface area (Å²) in [7, 11) is 0. The van der Waals surface area contributed by atoms with Crippen LogP contribution in [-0.4, -0.2) is 23.8 Å². The number of hydrogen-bond donors (Lipinski definition) is 1. The van der Waals surface area contributed by atoms with Crippen molar-refractivity contribution in [3.63, 3.8) is 0 Å². The molecule has 1 heterocycles. The third-order valence-electron chi connectivity index (χ3n) is 2.82. The molecule has 104 valence electrons. The van der Waals surface area contributed by atoms with Crippen LogP contribution < -0.4 is 5.32 Å². The van der Waals surface area contributed by atoms with E-state index in [0.717, 1.165) is 0 Å². The van der Waals surface area contributed by atoms with Crippen LogP contribution in [-0.2, 0) is 30.7 Å². The number of halogens is 1. The fourth-order valence-electron chi connectivity index (χ4n) is 1.77. The van der Waals surface area contributed by atoms with Gasteiger partial charge in [0.1, 0.15) is 0 Å². The molecule has 0 bridgehead atoms. The number of benzene rings is 1. The van der Waals surface area contributed by atoms with Crippen LogP contribution in [0, 0.1) is 18.8 Å². The first-order valence-electron chi connectivity index (χ1n) is 5.74. The van der Waals surface area contributed by atoms with Gasteiger partial charge in [0, 0.05) is 12.2 Å². The van der Waals surface area contributed by atoms with Crippen LogP contribution in [0.25, 0.3) is 5.32 Å². The van der Waals surface area contributed by atoms with E-state index in [1.165, 1.54) is 12.1 Å². The van der Waals surface area contributed by atoms with Crippen LogP contribution in [0.1, 0.15) is 28.8 Å². The maximum absolute atomic E-state index is 13.0. The van der Waals surface area contributed by atoms with Crippen molar-refractivity contribution in [3.05, 3.63) is 40.5 Å². The van der Waals surface area contributed by atoms with E-state index in [1.807, 2.05) is 0 Å². The molecule has 0 saturated carbocycles.